The Bertz CT molecular complexity index is 876. The predicted octanol–water partition coefficient (Wildman–Crippen LogP) is 15.3. The fraction of sp³-hybridized carbons (Fsp3) is 0.591. The van der Waals surface area contributed by atoms with Gasteiger partial charge in [0.2, 0.25) is 0 Å². The first kappa shape index (κ1) is 58.8. The van der Waals surface area contributed by atoms with Crippen LogP contribution in [-0.4, -0.2) is 10.8 Å². The van der Waals surface area contributed by atoms with Gasteiger partial charge >= 0.3 is 0 Å². The van der Waals surface area contributed by atoms with Crippen LogP contribution in [0.2, 0.25) is 0 Å². The number of allylic oxidation sites excluding steroid dienone is 4. The van der Waals surface area contributed by atoms with Crippen molar-refractivity contribution < 1.29 is 4.79 Å². The highest BCUT2D eigenvalue weighted by atomic mass is 16.1. The normalized spacial score (nSPS) is 9.02. The first-order valence-corrected chi connectivity index (χ1v) is 18.2. The number of hydrogen-bond acceptors (Lipinski definition) is 2. The highest BCUT2D eigenvalue weighted by Gasteiger charge is 1.96. The summed E-state index contributed by atoms with van der Waals surface area (Å²) in [6.07, 6.45) is 16.2. The molecule has 1 heterocycles. The Labute approximate surface area is 292 Å². The van der Waals surface area contributed by atoms with Crippen molar-refractivity contribution in [1.29, 1.82) is 0 Å². The SMILES string of the molecule is C=C.CC.CC.CC.CC/C(C)=C/C=C(\C)Cc1cccnc1.CCC(C)=O.CCCC.CCCC.Cc1cc(C)c(C)c(C)c1. The quantitative estimate of drug-likeness (QED) is 0.222. The number of aryl methyl sites for hydroxylation is 3. The van der Waals surface area contributed by atoms with Gasteiger partial charge in [0.05, 0.1) is 0 Å². The maximum Gasteiger partial charge on any atom is 0.129 e. The highest BCUT2D eigenvalue weighted by Crippen LogP contribution is 2.14. The smallest absolute Gasteiger partial charge is 0.129 e. The predicted molar refractivity (Wildman–Crippen MR) is 219 cm³/mol. The third-order valence-corrected chi connectivity index (χ3v) is 5.99. The number of nitrogens with zero attached hydrogens (tertiary/aromatic N) is 1. The van der Waals surface area contributed by atoms with Crippen LogP contribution in [0.15, 0.2) is 73.1 Å². The van der Waals surface area contributed by atoms with E-state index in [1.54, 1.807) is 6.92 Å². The summed E-state index contributed by atoms with van der Waals surface area (Å²) in [6, 6.07) is 8.54. The first-order chi connectivity index (χ1) is 21.9. The molecule has 0 fully saturated rings. The zero-order valence-corrected chi connectivity index (χ0v) is 34.8. The molecule has 0 saturated heterocycles. The summed E-state index contributed by atoms with van der Waals surface area (Å²) in [5.74, 6) is 0.255. The molecule has 0 amide bonds. The Kier molecular flexibility index (Phi) is 66.2. The van der Waals surface area contributed by atoms with E-state index >= 15 is 0 Å². The van der Waals surface area contributed by atoms with E-state index in [2.05, 4.69) is 125 Å². The molecule has 1 aromatic carbocycles. The first-order valence-electron chi connectivity index (χ1n) is 18.2. The van der Waals surface area contributed by atoms with Crippen molar-refractivity contribution in [2.45, 2.75) is 176 Å². The number of benzene rings is 1. The minimum absolute atomic E-state index is 0.255. The molecule has 0 bridgehead atoms. The lowest BCUT2D eigenvalue weighted by molar-refractivity contribution is -0.116. The molecule has 0 aliphatic carbocycles. The van der Waals surface area contributed by atoms with Crippen molar-refractivity contribution in [3.05, 3.63) is 101 Å². The van der Waals surface area contributed by atoms with Crippen LogP contribution in [0.25, 0.3) is 0 Å². The third-order valence-electron chi connectivity index (χ3n) is 5.99. The molecule has 0 unspecified atom stereocenters. The molecule has 2 aromatic rings. The Morgan fingerprint density at radius 2 is 1.04 bits per heavy atom. The lowest BCUT2D eigenvalue weighted by Gasteiger charge is -2.04. The van der Waals surface area contributed by atoms with Gasteiger partial charge in [0.1, 0.15) is 5.78 Å². The molecule has 0 saturated carbocycles. The van der Waals surface area contributed by atoms with E-state index in [1.807, 2.05) is 66.9 Å². The van der Waals surface area contributed by atoms with Crippen molar-refractivity contribution in [3.63, 3.8) is 0 Å². The summed E-state index contributed by atoms with van der Waals surface area (Å²) in [5.41, 5.74) is 9.64. The summed E-state index contributed by atoms with van der Waals surface area (Å²) in [7, 11) is 0. The van der Waals surface area contributed by atoms with Gasteiger partial charge in [0.25, 0.3) is 0 Å². The van der Waals surface area contributed by atoms with Gasteiger partial charge in [-0.05, 0) is 89.6 Å². The topological polar surface area (TPSA) is 30.0 Å². The molecule has 0 spiro atoms. The fourth-order valence-electron chi connectivity index (χ4n) is 2.54. The van der Waals surface area contributed by atoms with Crippen molar-refractivity contribution in [1.82, 2.24) is 4.98 Å². The second-order valence-corrected chi connectivity index (χ2v) is 10.00. The average Bonchev–Trinajstić information content (AvgIpc) is 3.10. The summed E-state index contributed by atoms with van der Waals surface area (Å²) in [6.45, 7) is 45.3. The molecule has 2 nitrogen and oxygen atoms in total. The monoisotopic (exact) mass is 642 g/mol. The number of ketones is 1. The van der Waals surface area contributed by atoms with E-state index in [0.29, 0.717) is 6.42 Å². The molecule has 270 valence electrons. The number of pyridine rings is 1. The van der Waals surface area contributed by atoms with Crippen molar-refractivity contribution in [2.75, 3.05) is 0 Å². The largest absolute Gasteiger partial charge is 0.300 e. The van der Waals surface area contributed by atoms with Gasteiger partial charge in [-0.3, -0.25) is 4.98 Å². The van der Waals surface area contributed by atoms with Crippen LogP contribution in [0.1, 0.15) is 170 Å². The van der Waals surface area contributed by atoms with E-state index in [0.717, 1.165) is 12.8 Å². The number of hydrogen-bond donors (Lipinski definition) is 0. The number of carbonyl (C=O) groups is 1. The average molecular weight is 642 g/mol. The Morgan fingerprint density at radius 1 is 0.674 bits per heavy atom. The van der Waals surface area contributed by atoms with Crippen LogP contribution in [-0.2, 0) is 11.2 Å². The van der Waals surface area contributed by atoms with Crippen LogP contribution in [0.4, 0.5) is 0 Å². The van der Waals surface area contributed by atoms with Gasteiger partial charge in [-0.25, -0.2) is 0 Å². The lowest BCUT2D eigenvalue weighted by atomic mass is 10.0. The van der Waals surface area contributed by atoms with Crippen molar-refractivity contribution in [3.8, 4) is 0 Å². The lowest BCUT2D eigenvalue weighted by Crippen LogP contribution is -1.87. The van der Waals surface area contributed by atoms with E-state index in [4.69, 9.17) is 0 Å². The summed E-state index contributed by atoms with van der Waals surface area (Å²) >= 11 is 0. The molecule has 0 aliphatic heterocycles. The van der Waals surface area contributed by atoms with Crippen LogP contribution in [0, 0.1) is 27.7 Å². The van der Waals surface area contributed by atoms with Gasteiger partial charge in [-0.15, -0.1) is 13.2 Å². The van der Waals surface area contributed by atoms with E-state index in [9.17, 15) is 4.79 Å². The maximum atomic E-state index is 9.81. The second kappa shape index (κ2) is 51.8. The zero-order chi connectivity index (χ0) is 37.9. The van der Waals surface area contributed by atoms with E-state index in [-0.39, 0.29) is 5.78 Å². The fourth-order valence-corrected chi connectivity index (χ4v) is 2.54. The molecule has 0 N–H and O–H groups in total. The van der Waals surface area contributed by atoms with Crippen molar-refractivity contribution in [2.24, 2.45) is 0 Å². The number of aromatic nitrogens is 1. The minimum Gasteiger partial charge on any atom is -0.300 e. The van der Waals surface area contributed by atoms with Crippen LogP contribution < -0.4 is 0 Å². The molecule has 46 heavy (non-hydrogen) atoms. The van der Waals surface area contributed by atoms with Gasteiger partial charge in [-0.2, -0.15) is 0 Å². The third kappa shape index (κ3) is 50.9. The number of rotatable bonds is 7. The standard InChI is InChI=1S/C14H19N.C10H14.C4H8O.2C4H10.3C2H6.C2H4/c1-4-12(2)7-8-13(3)10-14-6-5-9-15-11-14;1-7-5-8(2)10(4)9(3)6-7;1-3-4(2)5;2*1-3-4-2;4*1-2/h5-9,11H,4,10H2,1-3H3;5-6H,1-4H3;3H2,1-2H3;2*3-4H2,1-2H3;3*1-2H3;1-2H2/b12-7+,13-8+;;;;;;;;. The van der Waals surface area contributed by atoms with Gasteiger partial charge in [0.15, 0.2) is 0 Å². The number of Topliss-reactive ketones (excluding diaryl/α,β-unsaturated/α-hetero) is 1. The highest BCUT2D eigenvalue weighted by molar-refractivity contribution is 5.74. The zero-order valence-electron chi connectivity index (χ0n) is 34.8. The van der Waals surface area contributed by atoms with Crippen molar-refractivity contribution >= 4 is 5.78 Å². The van der Waals surface area contributed by atoms with Crippen LogP contribution >= 0.6 is 0 Å². The molecule has 0 aliphatic rings. The van der Waals surface area contributed by atoms with Crippen LogP contribution in [0.3, 0.4) is 0 Å². The summed E-state index contributed by atoms with van der Waals surface area (Å²) < 4.78 is 0. The van der Waals surface area contributed by atoms with E-state index < -0.39 is 0 Å². The van der Waals surface area contributed by atoms with E-state index in [1.165, 1.54) is 64.6 Å². The minimum atomic E-state index is 0.255. The molecular weight excluding hydrogens is 558 g/mol. The molecular formula is C44H83NO. The summed E-state index contributed by atoms with van der Waals surface area (Å²) in [5, 5.41) is 0. The van der Waals surface area contributed by atoms with Gasteiger partial charge < -0.3 is 4.79 Å². The van der Waals surface area contributed by atoms with Gasteiger partial charge in [0, 0.05) is 18.8 Å². The summed E-state index contributed by atoms with van der Waals surface area (Å²) in [4.78, 5) is 13.9. The Balaban J connectivity index is -0.0000000853. The molecule has 0 radical (unpaired) electrons. The second-order valence-electron chi connectivity index (χ2n) is 10.00. The Hall–Kier alpha value is -2.74. The van der Waals surface area contributed by atoms with Crippen LogP contribution in [0.5, 0.6) is 0 Å². The molecule has 0 atom stereocenters. The Morgan fingerprint density at radius 3 is 1.33 bits per heavy atom. The molecule has 2 rings (SSSR count). The number of carbonyl (C=O) groups excluding carboxylic acids is 1. The molecule has 2 heteroatoms. The maximum absolute atomic E-state index is 9.81. The molecule has 1 aromatic heterocycles. The number of unbranched alkanes of at least 4 members (excludes halogenated alkanes) is 2. The van der Waals surface area contributed by atoms with Gasteiger partial charge in [-0.1, -0.05) is 156 Å².